The maximum Gasteiger partial charge on any atom is 0.263 e. The molecule has 0 saturated carbocycles. The molecule has 0 radical (unpaired) electrons. The Hall–Kier alpha value is -2.45. The number of likely N-dealkylation sites (tertiary alicyclic amines) is 1. The van der Waals surface area contributed by atoms with E-state index < -0.39 is 0 Å². The number of carbonyl (C=O) groups excluding carboxylic acids is 2. The van der Waals surface area contributed by atoms with Gasteiger partial charge in [0.2, 0.25) is 5.91 Å². The molecule has 4 heterocycles. The van der Waals surface area contributed by atoms with Crippen molar-refractivity contribution >= 4 is 34.7 Å². The Balaban J connectivity index is 1.34. The Labute approximate surface area is 168 Å². The maximum atomic E-state index is 12.7. The van der Waals surface area contributed by atoms with Crippen LogP contribution in [0.4, 0.5) is 11.5 Å². The molecule has 2 fully saturated rings. The molecule has 2 saturated heterocycles. The summed E-state index contributed by atoms with van der Waals surface area (Å²) in [5.74, 6) is 0.664. The molecule has 0 bridgehead atoms. The average Bonchev–Trinajstić information content (AvgIpc) is 3.29. The predicted octanol–water partition coefficient (Wildman–Crippen LogP) is 2.47. The van der Waals surface area contributed by atoms with E-state index >= 15 is 0 Å². The van der Waals surface area contributed by atoms with Crippen LogP contribution in [-0.4, -0.2) is 61.1 Å². The van der Waals surface area contributed by atoms with Gasteiger partial charge in [0.05, 0.1) is 35.9 Å². The number of aromatic nitrogens is 1. The molecule has 4 rings (SSSR count). The lowest BCUT2D eigenvalue weighted by atomic mass is 9.97. The highest BCUT2D eigenvalue weighted by molar-refractivity contribution is 7.12. The maximum absolute atomic E-state index is 12.7. The van der Waals surface area contributed by atoms with Crippen molar-refractivity contribution in [2.24, 2.45) is 5.92 Å². The standard InChI is InChI=1S/C20H24N4O3S/c25-19(15-3-1-7-24(14-15)20(26)17-4-2-12-28-17)22-16-5-6-18(21-13-16)23-8-10-27-11-9-23/h2,4-6,12-13,15H,1,3,7-11,14H2,(H,22,25). The summed E-state index contributed by atoms with van der Waals surface area (Å²) >= 11 is 1.44. The molecule has 2 aromatic heterocycles. The zero-order valence-corrected chi connectivity index (χ0v) is 16.5. The third kappa shape index (κ3) is 4.34. The van der Waals surface area contributed by atoms with Crippen LogP contribution in [0.1, 0.15) is 22.5 Å². The van der Waals surface area contributed by atoms with E-state index in [1.54, 1.807) is 11.1 Å². The molecule has 7 nitrogen and oxygen atoms in total. The first-order chi connectivity index (χ1) is 13.7. The zero-order valence-electron chi connectivity index (χ0n) is 15.7. The van der Waals surface area contributed by atoms with Gasteiger partial charge >= 0.3 is 0 Å². The molecule has 0 spiro atoms. The van der Waals surface area contributed by atoms with Crippen LogP contribution in [0.25, 0.3) is 0 Å². The first-order valence-corrected chi connectivity index (χ1v) is 10.5. The summed E-state index contributed by atoms with van der Waals surface area (Å²) in [4.78, 5) is 34.4. The van der Waals surface area contributed by atoms with Gasteiger partial charge in [0, 0.05) is 26.2 Å². The predicted molar refractivity (Wildman–Crippen MR) is 109 cm³/mol. The monoisotopic (exact) mass is 400 g/mol. The number of pyridine rings is 1. The van der Waals surface area contributed by atoms with E-state index in [0.29, 0.717) is 32.0 Å². The van der Waals surface area contributed by atoms with Crippen molar-refractivity contribution in [3.05, 3.63) is 40.7 Å². The summed E-state index contributed by atoms with van der Waals surface area (Å²) in [5.41, 5.74) is 0.684. The second kappa shape index (κ2) is 8.70. The molecule has 2 aliphatic heterocycles. The Bertz CT molecular complexity index is 803. The highest BCUT2D eigenvalue weighted by Gasteiger charge is 2.29. The first-order valence-electron chi connectivity index (χ1n) is 9.63. The number of hydrogen-bond acceptors (Lipinski definition) is 6. The summed E-state index contributed by atoms with van der Waals surface area (Å²) in [6.45, 7) is 4.24. The van der Waals surface area contributed by atoms with Crippen LogP contribution in [-0.2, 0) is 9.53 Å². The number of thiophene rings is 1. The molecule has 28 heavy (non-hydrogen) atoms. The molecule has 1 unspecified atom stereocenters. The van der Waals surface area contributed by atoms with Gasteiger partial charge in [-0.2, -0.15) is 0 Å². The van der Waals surface area contributed by atoms with Gasteiger partial charge in [-0.3, -0.25) is 9.59 Å². The van der Waals surface area contributed by atoms with E-state index in [4.69, 9.17) is 4.74 Å². The van der Waals surface area contributed by atoms with E-state index in [0.717, 1.165) is 36.6 Å². The zero-order chi connectivity index (χ0) is 19.3. The topological polar surface area (TPSA) is 74.8 Å². The summed E-state index contributed by atoms with van der Waals surface area (Å²) in [7, 11) is 0. The molecule has 0 aromatic carbocycles. The van der Waals surface area contributed by atoms with Crippen LogP contribution in [0.3, 0.4) is 0 Å². The largest absolute Gasteiger partial charge is 0.378 e. The molecule has 1 N–H and O–H groups in total. The highest BCUT2D eigenvalue weighted by Crippen LogP contribution is 2.22. The number of carbonyl (C=O) groups is 2. The summed E-state index contributed by atoms with van der Waals surface area (Å²) in [6.07, 6.45) is 3.32. The average molecular weight is 401 g/mol. The van der Waals surface area contributed by atoms with Crippen LogP contribution >= 0.6 is 11.3 Å². The Morgan fingerprint density at radius 1 is 1.18 bits per heavy atom. The molecule has 2 aromatic rings. The third-order valence-corrected chi connectivity index (χ3v) is 6.02. The number of piperidine rings is 1. The first kappa shape index (κ1) is 18.9. The number of nitrogens with one attached hydrogen (secondary N) is 1. The van der Waals surface area contributed by atoms with E-state index in [2.05, 4.69) is 15.2 Å². The van der Waals surface area contributed by atoms with Crippen LogP contribution in [0.15, 0.2) is 35.8 Å². The second-order valence-electron chi connectivity index (χ2n) is 7.06. The van der Waals surface area contributed by atoms with Crippen molar-refractivity contribution in [1.82, 2.24) is 9.88 Å². The van der Waals surface area contributed by atoms with Crippen molar-refractivity contribution in [1.29, 1.82) is 0 Å². The van der Waals surface area contributed by atoms with Crippen molar-refractivity contribution < 1.29 is 14.3 Å². The lowest BCUT2D eigenvalue weighted by Crippen LogP contribution is -2.43. The fraction of sp³-hybridized carbons (Fsp3) is 0.450. The van der Waals surface area contributed by atoms with Crippen LogP contribution in [0, 0.1) is 5.92 Å². The molecule has 1 atom stereocenters. The van der Waals surface area contributed by atoms with Gasteiger partial charge in [0.1, 0.15) is 5.82 Å². The number of nitrogens with zero attached hydrogens (tertiary/aromatic N) is 3. The van der Waals surface area contributed by atoms with Gasteiger partial charge < -0.3 is 19.9 Å². The second-order valence-corrected chi connectivity index (χ2v) is 8.01. The number of anilines is 2. The van der Waals surface area contributed by atoms with Crippen LogP contribution < -0.4 is 10.2 Å². The fourth-order valence-corrected chi connectivity index (χ4v) is 4.31. The quantitative estimate of drug-likeness (QED) is 0.853. The van der Waals surface area contributed by atoms with E-state index in [1.807, 2.05) is 29.6 Å². The van der Waals surface area contributed by atoms with Crippen molar-refractivity contribution in [3.63, 3.8) is 0 Å². The minimum atomic E-state index is -0.198. The summed E-state index contributed by atoms with van der Waals surface area (Å²) < 4.78 is 5.36. The number of ether oxygens (including phenoxy) is 1. The lowest BCUT2D eigenvalue weighted by Gasteiger charge is -2.31. The van der Waals surface area contributed by atoms with E-state index in [-0.39, 0.29) is 17.7 Å². The minimum absolute atomic E-state index is 0.0176. The normalized spacial score (nSPS) is 20.1. The number of morpholine rings is 1. The Kier molecular flexibility index (Phi) is 5.87. The molecular formula is C20H24N4O3S. The van der Waals surface area contributed by atoms with E-state index in [1.165, 1.54) is 11.3 Å². The van der Waals surface area contributed by atoms with Crippen molar-refractivity contribution in [3.8, 4) is 0 Å². The molecule has 2 aliphatic rings. The van der Waals surface area contributed by atoms with Crippen molar-refractivity contribution in [2.45, 2.75) is 12.8 Å². The lowest BCUT2D eigenvalue weighted by molar-refractivity contribution is -0.121. The van der Waals surface area contributed by atoms with Crippen LogP contribution in [0.5, 0.6) is 0 Å². The molecule has 2 amide bonds. The molecular weight excluding hydrogens is 376 g/mol. The number of rotatable bonds is 4. The highest BCUT2D eigenvalue weighted by atomic mass is 32.1. The summed E-state index contributed by atoms with van der Waals surface area (Å²) in [5, 5.41) is 4.85. The number of amides is 2. The molecule has 0 aliphatic carbocycles. The van der Waals surface area contributed by atoms with Crippen LogP contribution in [0.2, 0.25) is 0 Å². The van der Waals surface area contributed by atoms with Gasteiger partial charge in [0.15, 0.2) is 0 Å². The van der Waals surface area contributed by atoms with Crippen molar-refractivity contribution in [2.75, 3.05) is 49.6 Å². The third-order valence-electron chi connectivity index (χ3n) is 5.16. The van der Waals surface area contributed by atoms with Gasteiger partial charge in [-0.05, 0) is 36.4 Å². The van der Waals surface area contributed by atoms with Gasteiger partial charge in [-0.25, -0.2) is 4.98 Å². The summed E-state index contributed by atoms with van der Waals surface area (Å²) in [6, 6.07) is 7.51. The smallest absolute Gasteiger partial charge is 0.263 e. The Morgan fingerprint density at radius 3 is 2.75 bits per heavy atom. The SMILES string of the molecule is O=C(Nc1ccc(N2CCOCC2)nc1)C1CCCN(C(=O)c2cccs2)C1. The Morgan fingerprint density at radius 2 is 2.04 bits per heavy atom. The minimum Gasteiger partial charge on any atom is -0.378 e. The van der Waals surface area contributed by atoms with Gasteiger partial charge in [-0.1, -0.05) is 6.07 Å². The molecule has 8 heteroatoms. The van der Waals surface area contributed by atoms with Gasteiger partial charge in [-0.15, -0.1) is 11.3 Å². The number of hydrogen-bond donors (Lipinski definition) is 1. The van der Waals surface area contributed by atoms with Gasteiger partial charge in [0.25, 0.3) is 5.91 Å². The van der Waals surface area contributed by atoms with E-state index in [9.17, 15) is 9.59 Å². The fourth-order valence-electron chi connectivity index (χ4n) is 3.62. The molecule has 148 valence electrons.